The van der Waals surface area contributed by atoms with Crippen LogP contribution >= 0.6 is 0 Å². The van der Waals surface area contributed by atoms with Gasteiger partial charge in [0.2, 0.25) is 0 Å². The molecule has 1 aromatic heterocycles. The summed E-state index contributed by atoms with van der Waals surface area (Å²) in [7, 11) is 0. The summed E-state index contributed by atoms with van der Waals surface area (Å²) in [4.78, 5) is 5.79. The van der Waals surface area contributed by atoms with Gasteiger partial charge in [-0.25, -0.2) is 4.39 Å². The second-order valence-corrected chi connectivity index (χ2v) is 5.28. The molecule has 0 bridgehead atoms. The Kier molecular flexibility index (Phi) is 2.95. The van der Waals surface area contributed by atoms with Gasteiger partial charge in [-0.05, 0) is 25.5 Å². The van der Waals surface area contributed by atoms with Crippen LogP contribution in [-0.2, 0) is 0 Å². The Balaban J connectivity index is 1.80. The number of anilines is 1. The molecule has 0 aromatic carbocycles. The molecule has 0 aliphatic carbocycles. The lowest BCUT2D eigenvalue weighted by molar-refractivity contribution is -0.0539. The largest absolute Gasteiger partial charge is 0.389 e. The maximum atomic E-state index is 13.7. The summed E-state index contributed by atoms with van der Waals surface area (Å²) >= 11 is 0. The van der Waals surface area contributed by atoms with E-state index in [2.05, 4.69) is 10.3 Å². The van der Waals surface area contributed by atoms with Gasteiger partial charge in [-0.15, -0.1) is 0 Å². The Morgan fingerprint density at radius 3 is 3.22 bits per heavy atom. The van der Waals surface area contributed by atoms with Crippen LogP contribution in [0, 0.1) is 11.7 Å². The zero-order valence-corrected chi connectivity index (χ0v) is 10.3. The highest BCUT2D eigenvalue weighted by Gasteiger charge is 2.43. The molecule has 3 rings (SSSR count). The lowest BCUT2D eigenvalue weighted by Crippen LogP contribution is -2.59. The normalized spacial score (nSPS) is 32.1. The summed E-state index contributed by atoms with van der Waals surface area (Å²) in [5.41, 5.74) is 0.0308. The highest BCUT2D eigenvalue weighted by Crippen LogP contribution is 2.35. The first-order chi connectivity index (χ1) is 8.69. The molecule has 5 heteroatoms. The third-order valence-corrected chi connectivity index (χ3v) is 4.23. The molecular weight excluding hydrogens is 233 g/mol. The van der Waals surface area contributed by atoms with Crippen molar-refractivity contribution in [3.63, 3.8) is 0 Å². The first-order valence-electron chi connectivity index (χ1n) is 6.47. The van der Waals surface area contributed by atoms with Crippen LogP contribution in [0.15, 0.2) is 18.5 Å². The molecule has 2 fully saturated rings. The number of nitrogens with one attached hydrogen (secondary N) is 1. The molecule has 0 spiro atoms. The number of piperidine rings is 2. The number of fused-ring (bicyclic) bond motifs is 1. The fraction of sp³-hybridized carbons (Fsp3) is 0.615. The van der Waals surface area contributed by atoms with Crippen LogP contribution < -0.4 is 10.2 Å². The van der Waals surface area contributed by atoms with Crippen molar-refractivity contribution in [3.8, 4) is 0 Å². The lowest BCUT2D eigenvalue weighted by Gasteiger charge is -2.48. The van der Waals surface area contributed by atoms with Gasteiger partial charge in [-0.2, -0.15) is 0 Å². The average molecular weight is 251 g/mol. The van der Waals surface area contributed by atoms with E-state index in [-0.39, 0.29) is 11.7 Å². The van der Waals surface area contributed by atoms with E-state index in [1.54, 1.807) is 12.3 Å². The maximum Gasteiger partial charge on any atom is 0.164 e. The number of rotatable bonds is 1. The fourth-order valence-corrected chi connectivity index (χ4v) is 3.07. The summed E-state index contributed by atoms with van der Waals surface area (Å²) in [5.74, 6) is -0.112. The first-order valence-corrected chi connectivity index (χ1v) is 6.47. The molecule has 2 N–H and O–H groups in total. The van der Waals surface area contributed by atoms with Gasteiger partial charge in [0, 0.05) is 31.7 Å². The van der Waals surface area contributed by atoms with Crippen molar-refractivity contribution in [2.75, 3.05) is 31.1 Å². The van der Waals surface area contributed by atoms with E-state index in [9.17, 15) is 9.50 Å². The van der Waals surface area contributed by atoms with Crippen LogP contribution in [0.4, 0.5) is 10.1 Å². The zero-order chi connectivity index (χ0) is 12.6. The maximum absolute atomic E-state index is 13.7. The van der Waals surface area contributed by atoms with Gasteiger partial charge in [-0.3, -0.25) is 4.98 Å². The monoisotopic (exact) mass is 251 g/mol. The minimum atomic E-state index is -0.564. The van der Waals surface area contributed by atoms with Gasteiger partial charge in [0.1, 0.15) is 0 Å². The number of aliphatic hydroxyl groups is 1. The van der Waals surface area contributed by atoms with Gasteiger partial charge in [0.15, 0.2) is 5.82 Å². The van der Waals surface area contributed by atoms with Crippen LogP contribution in [0.3, 0.4) is 0 Å². The van der Waals surface area contributed by atoms with E-state index in [0.717, 1.165) is 19.5 Å². The first kappa shape index (κ1) is 11.9. The molecular formula is C13H18FN3O. The predicted octanol–water partition coefficient (Wildman–Crippen LogP) is 0.771. The Labute approximate surface area is 106 Å². The minimum absolute atomic E-state index is 0.174. The van der Waals surface area contributed by atoms with Crippen LogP contribution in [-0.4, -0.2) is 41.9 Å². The summed E-state index contributed by atoms with van der Waals surface area (Å²) in [6.07, 6.45) is 4.36. The summed E-state index contributed by atoms with van der Waals surface area (Å²) in [5, 5.41) is 13.9. The number of halogens is 1. The zero-order valence-electron chi connectivity index (χ0n) is 10.3. The third-order valence-electron chi connectivity index (χ3n) is 4.23. The van der Waals surface area contributed by atoms with E-state index < -0.39 is 5.60 Å². The summed E-state index contributed by atoms with van der Waals surface area (Å²) in [6, 6.07) is 1.70. The van der Waals surface area contributed by atoms with Crippen molar-refractivity contribution in [1.82, 2.24) is 10.3 Å². The van der Waals surface area contributed by atoms with Crippen LogP contribution in [0.2, 0.25) is 0 Å². The molecule has 0 amide bonds. The van der Waals surface area contributed by atoms with Crippen molar-refractivity contribution in [3.05, 3.63) is 24.3 Å². The van der Waals surface area contributed by atoms with Gasteiger partial charge < -0.3 is 15.3 Å². The van der Waals surface area contributed by atoms with Crippen molar-refractivity contribution >= 4 is 5.69 Å². The van der Waals surface area contributed by atoms with Crippen molar-refractivity contribution in [2.45, 2.75) is 18.4 Å². The number of hydrogen-bond acceptors (Lipinski definition) is 4. The highest BCUT2D eigenvalue weighted by molar-refractivity contribution is 5.47. The van der Waals surface area contributed by atoms with E-state index >= 15 is 0 Å². The van der Waals surface area contributed by atoms with Gasteiger partial charge in [0.25, 0.3) is 0 Å². The molecule has 0 radical (unpaired) electrons. The Hall–Kier alpha value is -1.20. The van der Waals surface area contributed by atoms with E-state index in [1.807, 2.05) is 4.90 Å². The fourth-order valence-electron chi connectivity index (χ4n) is 3.07. The molecule has 18 heavy (non-hydrogen) atoms. The Morgan fingerprint density at radius 1 is 1.50 bits per heavy atom. The standard InChI is InChI=1S/C13H18FN3O/c14-11-8-15-4-1-12(11)17-6-3-13(18)2-5-16-7-10(13)9-17/h1,4,8,10,16,18H,2-3,5-7,9H2. The lowest BCUT2D eigenvalue weighted by atomic mass is 9.76. The predicted molar refractivity (Wildman–Crippen MR) is 67.0 cm³/mol. The second kappa shape index (κ2) is 4.48. The molecule has 2 atom stereocenters. The molecule has 2 aliphatic rings. The summed E-state index contributed by atoms with van der Waals surface area (Å²) in [6.45, 7) is 3.08. The van der Waals surface area contributed by atoms with Crippen LogP contribution in [0.25, 0.3) is 0 Å². The molecule has 2 aliphatic heterocycles. The van der Waals surface area contributed by atoms with Crippen LogP contribution in [0.1, 0.15) is 12.8 Å². The molecule has 1 aromatic rings. The van der Waals surface area contributed by atoms with Gasteiger partial charge in [-0.1, -0.05) is 0 Å². The molecule has 3 heterocycles. The van der Waals surface area contributed by atoms with E-state index in [0.29, 0.717) is 25.2 Å². The Morgan fingerprint density at radius 2 is 2.39 bits per heavy atom. The Bertz CT molecular complexity index is 442. The molecule has 2 unspecified atom stereocenters. The van der Waals surface area contributed by atoms with Crippen molar-refractivity contribution < 1.29 is 9.50 Å². The van der Waals surface area contributed by atoms with Crippen LogP contribution in [0.5, 0.6) is 0 Å². The van der Waals surface area contributed by atoms with Gasteiger partial charge in [0.05, 0.1) is 17.5 Å². The minimum Gasteiger partial charge on any atom is -0.389 e. The SMILES string of the molecule is OC12CCNCC1CN(c1ccncc1F)CC2. The second-order valence-electron chi connectivity index (χ2n) is 5.28. The highest BCUT2D eigenvalue weighted by atomic mass is 19.1. The quantitative estimate of drug-likeness (QED) is 0.774. The number of hydrogen-bond donors (Lipinski definition) is 2. The number of aromatic nitrogens is 1. The molecule has 98 valence electrons. The summed E-state index contributed by atoms with van der Waals surface area (Å²) < 4.78 is 13.7. The van der Waals surface area contributed by atoms with E-state index in [1.165, 1.54) is 6.20 Å². The van der Waals surface area contributed by atoms with Gasteiger partial charge >= 0.3 is 0 Å². The molecule has 4 nitrogen and oxygen atoms in total. The molecule has 2 saturated heterocycles. The third kappa shape index (κ3) is 1.97. The van der Waals surface area contributed by atoms with Crippen molar-refractivity contribution in [2.24, 2.45) is 5.92 Å². The average Bonchev–Trinajstić information content (AvgIpc) is 2.38. The smallest absolute Gasteiger partial charge is 0.164 e. The number of nitrogens with zero attached hydrogens (tertiary/aromatic N) is 2. The molecule has 0 saturated carbocycles. The topological polar surface area (TPSA) is 48.4 Å². The van der Waals surface area contributed by atoms with Crippen molar-refractivity contribution in [1.29, 1.82) is 0 Å². The van der Waals surface area contributed by atoms with E-state index in [4.69, 9.17) is 0 Å². The number of pyridine rings is 1.